The third-order valence-electron chi connectivity index (χ3n) is 6.23. The average molecular weight is 380 g/mol. The molecule has 0 amide bonds. The van der Waals surface area contributed by atoms with Gasteiger partial charge in [0.2, 0.25) is 0 Å². The molecule has 158 valence electrons. The zero-order valence-corrected chi connectivity index (χ0v) is 18.6. The molecule has 2 N–H and O–H groups in total. The summed E-state index contributed by atoms with van der Waals surface area (Å²) in [5, 5.41) is 7.14. The van der Waals surface area contributed by atoms with Gasteiger partial charge in [0, 0.05) is 56.9 Å². The summed E-state index contributed by atoms with van der Waals surface area (Å²) in [6.07, 6.45) is 9.33. The molecule has 2 fully saturated rings. The van der Waals surface area contributed by atoms with E-state index in [1.54, 1.807) is 0 Å². The van der Waals surface area contributed by atoms with Crippen LogP contribution in [0.5, 0.6) is 0 Å². The second-order valence-corrected chi connectivity index (χ2v) is 8.93. The van der Waals surface area contributed by atoms with E-state index >= 15 is 0 Å². The molecule has 0 radical (unpaired) electrons. The molecule has 0 spiro atoms. The highest BCUT2D eigenvalue weighted by Crippen LogP contribution is 2.26. The molecule has 0 aromatic carbocycles. The van der Waals surface area contributed by atoms with E-state index in [0.717, 1.165) is 38.1 Å². The van der Waals surface area contributed by atoms with Crippen LogP contribution in [0.3, 0.4) is 0 Å². The number of likely N-dealkylation sites (tertiary alicyclic amines) is 1. The molecular weight excluding hydrogens is 334 g/mol. The van der Waals surface area contributed by atoms with Gasteiger partial charge in [-0.15, -0.1) is 0 Å². The van der Waals surface area contributed by atoms with Gasteiger partial charge in [-0.2, -0.15) is 0 Å². The Morgan fingerprint density at radius 3 is 2.22 bits per heavy atom. The lowest BCUT2D eigenvalue weighted by atomic mass is 10.0. The van der Waals surface area contributed by atoms with Crippen molar-refractivity contribution in [3.05, 3.63) is 0 Å². The van der Waals surface area contributed by atoms with Crippen molar-refractivity contribution in [1.82, 2.24) is 20.4 Å². The van der Waals surface area contributed by atoms with E-state index in [2.05, 4.69) is 55.1 Å². The molecule has 1 saturated carbocycles. The number of aliphatic imine (C=N–C) groups is 1. The largest absolute Gasteiger partial charge is 0.357 e. The molecule has 1 aliphatic carbocycles. The van der Waals surface area contributed by atoms with E-state index in [1.807, 2.05) is 0 Å². The van der Waals surface area contributed by atoms with Crippen LogP contribution in [-0.2, 0) is 0 Å². The number of guanidine groups is 1. The fourth-order valence-electron chi connectivity index (χ4n) is 4.75. The Bertz CT molecular complexity index is 412. The van der Waals surface area contributed by atoms with Crippen LogP contribution in [0, 0.1) is 0 Å². The average Bonchev–Trinajstić information content (AvgIpc) is 3.16. The summed E-state index contributed by atoms with van der Waals surface area (Å²) in [4.78, 5) is 10.1. The van der Waals surface area contributed by atoms with Gasteiger partial charge in [0.1, 0.15) is 0 Å². The summed E-state index contributed by atoms with van der Waals surface area (Å²) >= 11 is 0. The Balaban J connectivity index is 1.73. The number of hydrogen-bond acceptors (Lipinski definition) is 3. The zero-order chi connectivity index (χ0) is 19.6. The molecule has 0 atom stereocenters. The molecule has 2 aliphatic rings. The minimum absolute atomic E-state index is 0.572. The number of rotatable bonds is 9. The van der Waals surface area contributed by atoms with Gasteiger partial charge in [-0.1, -0.05) is 12.8 Å². The highest BCUT2D eigenvalue weighted by molar-refractivity contribution is 5.80. The Hall–Kier alpha value is -0.810. The first kappa shape index (κ1) is 22.5. The van der Waals surface area contributed by atoms with Gasteiger partial charge in [0.05, 0.1) is 0 Å². The third kappa shape index (κ3) is 7.61. The van der Waals surface area contributed by atoms with Crippen LogP contribution in [0.2, 0.25) is 0 Å². The fraction of sp³-hybridized carbons (Fsp3) is 0.955. The normalized spacial score (nSPS) is 21.0. The molecule has 1 heterocycles. The number of piperidine rings is 1. The van der Waals surface area contributed by atoms with E-state index in [4.69, 9.17) is 4.99 Å². The lowest BCUT2D eigenvalue weighted by Crippen LogP contribution is -2.50. The lowest BCUT2D eigenvalue weighted by Gasteiger charge is -2.36. The van der Waals surface area contributed by atoms with E-state index in [9.17, 15) is 0 Å². The van der Waals surface area contributed by atoms with Crippen molar-refractivity contribution in [3.8, 4) is 0 Å². The van der Waals surface area contributed by atoms with E-state index in [1.165, 1.54) is 51.6 Å². The van der Waals surface area contributed by atoms with Gasteiger partial charge in [-0.3, -0.25) is 9.89 Å². The molecule has 0 aromatic rings. The van der Waals surface area contributed by atoms with E-state index in [-0.39, 0.29) is 0 Å². The molecule has 0 unspecified atom stereocenters. The maximum absolute atomic E-state index is 4.85. The smallest absolute Gasteiger partial charge is 0.191 e. The Labute approximate surface area is 168 Å². The van der Waals surface area contributed by atoms with Crippen molar-refractivity contribution < 1.29 is 0 Å². The molecule has 5 nitrogen and oxygen atoms in total. The summed E-state index contributed by atoms with van der Waals surface area (Å²) < 4.78 is 0. The van der Waals surface area contributed by atoms with E-state index in [0.29, 0.717) is 18.1 Å². The topological polar surface area (TPSA) is 42.9 Å². The molecule has 0 bridgehead atoms. The summed E-state index contributed by atoms with van der Waals surface area (Å²) in [7, 11) is 0. The van der Waals surface area contributed by atoms with Gasteiger partial charge in [0.15, 0.2) is 5.96 Å². The van der Waals surface area contributed by atoms with Crippen molar-refractivity contribution in [3.63, 3.8) is 0 Å². The molecular formula is C22H45N5. The van der Waals surface area contributed by atoms with Crippen molar-refractivity contribution in [2.75, 3.05) is 32.7 Å². The summed E-state index contributed by atoms with van der Waals surface area (Å²) in [5.74, 6) is 1.01. The van der Waals surface area contributed by atoms with E-state index < -0.39 is 0 Å². The molecule has 27 heavy (non-hydrogen) atoms. The van der Waals surface area contributed by atoms with Crippen LogP contribution in [0.4, 0.5) is 0 Å². The lowest BCUT2D eigenvalue weighted by molar-refractivity contribution is 0.150. The predicted molar refractivity (Wildman–Crippen MR) is 118 cm³/mol. The molecule has 0 aromatic heterocycles. The molecule has 5 heteroatoms. The van der Waals surface area contributed by atoms with Gasteiger partial charge in [-0.25, -0.2) is 0 Å². The minimum atomic E-state index is 0.572. The number of hydrogen-bond donors (Lipinski definition) is 2. The van der Waals surface area contributed by atoms with Crippen molar-refractivity contribution in [1.29, 1.82) is 0 Å². The first-order chi connectivity index (χ1) is 13.0. The number of nitrogens with one attached hydrogen (secondary N) is 2. The van der Waals surface area contributed by atoms with Crippen molar-refractivity contribution in [2.45, 2.75) is 104 Å². The highest BCUT2D eigenvalue weighted by Gasteiger charge is 2.27. The molecule has 1 aliphatic heterocycles. The quantitative estimate of drug-likeness (QED) is 0.366. The van der Waals surface area contributed by atoms with Crippen LogP contribution in [0.25, 0.3) is 0 Å². The molecule has 2 rings (SSSR count). The van der Waals surface area contributed by atoms with Crippen LogP contribution >= 0.6 is 0 Å². The molecule has 1 saturated heterocycles. The monoisotopic (exact) mass is 379 g/mol. The second-order valence-electron chi connectivity index (χ2n) is 8.93. The Morgan fingerprint density at radius 1 is 1.04 bits per heavy atom. The fourth-order valence-corrected chi connectivity index (χ4v) is 4.75. The van der Waals surface area contributed by atoms with Crippen LogP contribution in [-0.4, -0.2) is 72.7 Å². The van der Waals surface area contributed by atoms with Crippen LogP contribution in [0.1, 0.15) is 79.6 Å². The standard InChI is InChI=1S/C22H45N5/c1-6-23-22(24-14-9-15-27(18(2)3)19(4)5)25-20-12-16-26(17-13-20)21-10-7-8-11-21/h18-21H,6-17H2,1-5H3,(H2,23,24,25). The summed E-state index contributed by atoms with van der Waals surface area (Å²) in [6.45, 7) is 16.7. The minimum Gasteiger partial charge on any atom is -0.357 e. The van der Waals surface area contributed by atoms with Crippen molar-refractivity contribution in [2.24, 2.45) is 4.99 Å². The zero-order valence-electron chi connectivity index (χ0n) is 18.6. The first-order valence-corrected chi connectivity index (χ1v) is 11.6. The van der Waals surface area contributed by atoms with Crippen LogP contribution < -0.4 is 10.6 Å². The SMILES string of the molecule is CCNC(=NCCCN(C(C)C)C(C)C)NC1CCN(C2CCCC2)CC1. The Morgan fingerprint density at radius 2 is 1.67 bits per heavy atom. The first-order valence-electron chi connectivity index (χ1n) is 11.6. The second kappa shape index (κ2) is 11.9. The maximum atomic E-state index is 4.85. The number of nitrogens with zero attached hydrogens (tertiary/aromatic N) is 3. The van der Waals surface area contributed by atoms with Crippen LogP contribution in [0.15, 0.2) is 4.99 Å². The summed E-state index contributed by atoms with van der Waals surface area (Å²) in [5.41, 5.74) is 0. The van der Waals surface area contributed by atoms with Gasteiger partial charge in [-0.05, 0) is 66.7 Å². The van der Waals surface area contributed by atoms with Gasteiger partial charge < -0.3 is 15.5 Å². The van der Waals surface area contributed by atoms with Crippen molar-refractivity contribution >= 4 is 5.96 Å². The predicted octanol–water partition coefficient (Wildman–Crippen LogP) is 3.46. The van der Waals surface area contributed by atoms with Gasteiger partial charge >= 0.3 is 0 Å². The van der Waals surface area contributed by atoms with Gasteiger partial charge in [0.25, 0.3) is 0 Å². The summed E-state index contributed by atoms with van der Waals surface area (Å²) in [6, 6.07) is 2.65. The Kier molecular flexibility index (Phi) is 9.91. The third-order valence-corrected chi connectivity index (χ3v) is 6.23. The maximum Gasteiger partial charge on any atom is 0.191 e. The highest BCUT2D eigenvalue weighted by atomic mass is 15.2.